The van der Waals surface area contributed by atoms with Crippen LogP contribution in [0.3, 0.4) is 0 Å². The predicted octanol–water partition coefficient (Wildman–Crippen LogP) is 2.37. The maximum atomic E-state index is 12.4. The largest absolute Gasteiger partial charge is 0.365 e. The first-order chi connectivity index (χ1) is 9.47. The molecule has 20 heavy (non-hydrogen) atoms. The third-order valence-corrected chi connectivity index (χ3v) is 4.06. The van der Waals surface area contributed by atoms with Gasteiger partial charge in [-0.3, -0.25) is 4.79 Å². The van der Waals surface area contributed by atoms with Gasteiger partial charge in [0.05, 0.1) is 5.56 Å². The van der Waals surface area contributed by atoms with E-state index < -0.39 is 0 Å². The van der Waals surface area contributed by atoms with Crippen molar-refractivity contribution in [1.29, 1.82) is 0 Å². The van der Waals surface area contributed by atoms with Crippen molar-refractivity contribution in [2.45, 2.75) is 27.2 Å². The zero-order valence-corrected chi connectivity index (χ0v) is 13.1. The molecule has 0 spiro atoms. The highest BCUT2D eigenvalue weighted by molar-refractivity contribution is 5.95. The zero-order chi connectivity index (χ0) is 14.7. The number of rotatable bonds is 5. The minimum atomic E-state index is 0.131. The van der Waals surface area contributed by atoms with Gasteiger partial charge in [0.25, 0.3) is 5.91 Å². The Labute approximate surface area is 122 Å². The number of carbonyl (C=O) groups is 1. The molecule has 1 aliphatic heterocycles. The first kappa shape index (κ1) is 15.1. The van der Waals surface area contributed by atoms with E-state index in [-0.39, 0.29) is 5.91 Å². The summed E-state index contributed by atoms with van der Waals surface area (Å²) in [7, 11) is 1.92. The fourth-order valence-electron chi connectivity index (χ4n) is 3.10. The van der Waals surface area contributed by atoms with Crippen molar-refractivity contribution >= 4 is 5.91 Å². The first-order valence-corrected chi connectivity index (χ1v) is 7.59. The summed E-state index contributed by atoms with van der Waals surface area (Å²) in [5, 5.41) is 0. The Bertz CT molecular complexity index is 452. The number of nitrogens with zero attached hydrogens (tertiary/aromatic N) is 2. The predicted molar refractivity (Wildman–Crippen MR) is 81.9 cm³/mol. The Hall–Kier alpha value is -1.29. The summed E-state index contributed by atoms with van der Waals surface area (Å²) in [5.74, 6) is 1.46. The average Bonchev–Trinajstić information content (AvgIpc) is 2.97. The minimum absolute atomic E-state index is 0.131. The minimum Gasteiger partial charge on any atom is -0.365 e. The number of nitrogens with one attached hydrogen (secondary N) is 1. The third-order valence-electron chi connectivity index (χ3n) is 4.06. The van der Waals surface area contributed by atoms with E-state index in [1.807, 2.05) is 31.1 Å². The van der Waals surface area contributed by atoms with Crippen LogP contribution >= 0.6 is 0 Å². The van der Waals surface area contributed by atoms with Gasteiger partial charge >= 0.3 is 0 Å². The van der Waals surface area contributed by atoms with E-state index in [9.17, 15) is 4.79 Å². The van der Waals surface area contributed by atoms with Crippen LogP contribution in [-0.2, 0) is 0 Å². The molecule has 1 aromatic rings. The Morgan fingerprint density at radius 2 is 2.30 bits per heavy atom. The number of aromatic amines is 1. The normalized spacial score (nSPS) is 19.8. The molecule has 0 aliphatic carbocycles. The summed E-state index contributed by atoms with van der Waals surface area (Å²) in [6.07, 6.45) is 3.03. The monoisotopic (exact) mass is 277 g/mol. The van der Waals surface area contributed by atoms with Crippen molar-refractivity contribution in [2.24, 2.45) is 11.8 Å². The van der Waals surface area contributed by atoms with Crippen LogP contribution < -0.4 is 0 Å². The Morgan fingerprint density at radius 3 is 2.90 bits per heavy atom. The molecule has 0 aromatic carbocycles. The van der Waals surface area contributed by atoms with E-state index in [1.54, 1.807) is 0 Å². The highest BCUT2D eigenvalue weighted by Gasteiger charge is 2.25. The number of carbonyl (C=O) groups excluding carboxylic acids is 1. The van der Waals surface area contributed by atoms with Gasteiger partial charge < -0.3 is 14.8 Å². The van der Waals surface area contributed by atoms with E-state index in [0.717, 1.165) is 30.3 Å². The van der Waals surface area contributed by atoms with Crippen LogP contribution in [-0.4, -0.2) is 53.9 Å². The Kier molecular flexibility index (Phi) is 4.86. The van der Waals surface area contributed by atoms with Gasteiger partial charge in [0.15, 0.2) is 0 Å². The first-order valence-electron chi connectivity index (χ1n) is 7.59. The van der Waals surface area contributed by atoms with E-state index in [1.165, 1.54) is 19.5 Å². The quantitative estimate of drug-likeness (QED) is 0.897. The van der Waals surface area contributed by atoms with Crippen molar-refractivity contribution in [3.63, 3.8) is 0 Å². The van der Waals surface area contributed by atoms with Crippen molar-refractivity contribution in [3.05, 3.63) is 23.5 Å². The molecule has 0 saturated carbocycles. The van der Waals surface area contributed by atoms with Gasteiger partial charge in [0.2, 0.25) is 0 Å². The van der Waals surface area contributed by atoms with Crippen LogP contribution in [0.4, 0.5) is 0 Å². The third kappa shape index (κ3) is 3.63. The molecule has 1 N–H and O–H groups in total. The van der Waals surface area contributed by atoms with Gasteiger partial charge in [-0.2, -0.15) is 0 Å². The van der Waals surface area contributed by atoms with Gasteiger partial charge in [0, 0.05) is 38.6 Å². The number of hydrogen-bond acceptors (Lipinski definition) is 2. The second-order valence-corrected chi connectivity index (χ2v) is 6.51. The highest BCUT2D eigenvalue weighted by Crippen LogP contribution is 2.19. The molecule has 4 heteroatoms. The molecule has 2 heterocycles. The van der Waals surface area contributed by atoms with Gasteiger partial charge in [-0.15, -0.1) is 0 Å². The number of aromatic nitrogens is 1. The number of amides is 1. The zero-order valence-electron chi connectivity index (χ0n) is 13.1. The van der Waals surface area contributed by atoms with Gasteiger partial charge in [-0.25, -0.2) is 0 Å². The van der Waals surface area contributed by atoms with Crippen molar-refractivity contribution in [3.8, 4) is 0 Å². The molecule has 1 aliphatic rings. The lowest BCUT2D eigenvalue weighted by Gasteiger charge is -2.22. The molecule has 2 rings (SSSR count). The lowest BCUT2D eigenvalue weighted by Crippen LogP contribution is -2.33. The Balaban J connectivity index is 1.85. The van der Waals surface area contributed by atoms with Crippen LogP contribution in [0.2, 0.25) is 0 Å². The van der Waals surface area contributed by atoms with E-state index in [0.29, 0.717) is 5.92 Å². The van der Waals surface area contributed by atoms with Crippen LogP contribution in [0.25, 0.3) is 0 Å². The smallest absolute Gasteiger partial charge is 0.255 e. The van der Waals surface area contributed by atoms with Gasteiger partial charge in [-0.05, 0) is 37.8 Å². The van der Waals surface area contributed by atoms with Crippen LogP contribution in [0, 0.1) is 18.8 Å². The Morgan fingerprint density at radius 1 is 1.55 bits per heavy atom. The van der Waals surface area contributed by atoms with E-state index >= 15 is 0 Å². The summed E-state index contributed by atoms with van der Waals surface area (Å²) in [5.41, 5.74) is 1.75. The lowest BCUT2D eigenvalue weighted by atomic mass is 10.1. The van der Waals surface area contributed by atoms with Crippen molar-refractivity contribution in [2.75, 3.05) is 33.2 Å². The summed E-state index contributed by atoms with van der Waals surface area (Å²) < 4.78 is 0. The molecule has 4 nitrogen and oxygen atoms in total. The summed E-state index contributed by atoms with van der Waals surface area (Å²) in [6, 6.07) is 1.87. The summed E-state index contributed by atoms with van der Waals surface area (Å²) in [6.45, 7) is 10.8. The SMILES string of the molecule is Cc1[nH]ccc1C(=O)N(C)C[C@H]1CCN(CC(C)C)C1. The van der Waals surface area contributed by atoms with Crippen molar-refractivity contribution < 1.29 is 4.79 Å². The van der Waals surface area contributed by atoms with Crippen LogP contribution in [0.15, 0.2) is 12.3 Å². The maximum Gasteiger partial charge on any atom is 0.255 e. The lowest BCUT2D eigenvalue weighted by molar-refractivity contribution is 0.0772. The van der Waals surface area contributed by atoms with Gasteiger partial charge in [0.1, 0.15) is 0 Å². The molecule has 1 aromatic heterocycles. The number of likely N-dealkylation sites (tertiary alicyclic amines) is 1. The van der Waals surface area contributed by atoms with Gasteiger partial charge in [-0.1, -0.05) is 13.8 Å². The molecular formula is C16H27N3O. The molecule has 0 radical (unpaired) electrons. The molecule has 1 atom stereocenters. The number of aryl methyl sites for hydroxylation is 1. The second-order valence-electron chi connectivity index (χ2n) is 6.51. The summed E-state index contributed by atoms with van der Waals surface area (Å²) in [4.78, 5) is 19.8. The van der Waals surface area contributed by atoms with Crippen molar-refractivity contribution in [1.82, 2.24) is 14.8 Å². The molecule has 0 unspecified atom stereocenters. The molecule has 0 bridgehead atoms. The second kappa shape index (κ2) is 6.44. The number of H-pyrrole nitrogens is 1. The standard InChI is InChI=1S/C16H27N3O/c1-12(2)9-19-8-6-14(11-19)10-18(4)16(20)15-5-7-17-13(15)3/h5,7,12,14,17H,6,8-11H2,1-4H3/t14-/m1/s1. The topological polar surface area (TPSA) is 39.3 Å². The fourth-order valence-corrected chi connectivity index (χ4v) is 3.10. The average molecular weight is 277 g/mol. The molecule has 1 saturated heterocycles. The molecular weight excluding hydrogens is 250 g/mol. The fraction of sp³-hybridized carbons (Fsp3) is 0.688. The molecule has 112 valence electrons. The van der Waals surface area contributed by atoms with Crippen LogP contribution in [0.5, 0.6) is 0 Å². The van der Waals surface area contributed by atoms with Crippen LogP contribution in [0.1, 0.15) is 36.3 Å². The molecule has 1 amide bonds. The molecule has 1 fully saturated rings. The van der Waals surface area contributed by atoms with E-state index in [4.69, 9.17) is 0 Å². The number of hydrogen-bond donors (Lipinski definition) is 1. The summed E-state index contributed by atoms with van der Waals surface area (Å²) >= 11 is 0. The van der Waals surface area contributed by atoms with E-state index in [2.05, 4.69) is 23.7 Å². The highest BCUT2D eigenvalue weighted by atomic mass is 16.2. The maximum absolute atomic E-state index is 12.4.